The number of hydrogen-bond acceptors (Lipinski definition) is 5. The molecule has 0 bridgehead atoms. The molecule has 168 valence electrons. The van der Waals surface area contributed by atoms with Crippen LogP contribution in [0.5, 0.6) is 5.88 Å². The molecule has 0 aliphatic carbocycles. The minimum Gasteiger partial charge on any atom is -0.473 e. The van der Waals surface area contributed by atoms with E-state index in [0.717, 1.165) is 35.0 Å². The van der Waals surface area contributed by atoms with Crippen LogP contribution in [0, 0.1) is 0 Å². The maximum atomic E-state index is 12.3. The summed E-state index contributed by atoms with van der Waals surface area (Å²) in [5.74, 6) is 0.886. The molecule has 1 fully saturated rings. The SMILES string of the molecule is CC(C)(C)OC(=O)N1CCC(c2cccc(OCc3ccnc4cc(Cl)ccc34)n2)CC1. The van der Waals surface area contributed by atoms with Crippen LogP contribution in [0.15, 0.2) is 48.7 Å². The molecule has 2 aromatic heterocycles. The van der Waals surface area contributed by atoms with Crippen molar-refractivity contribution >= 4 is 28.6 Å². The van der Waals surface area contributed by atoms with Gasteiger partial charge in [-0.2, -0.15) is 0 Å². The van der Waals surface area contributed by atoms with Gasteiger partial charge in [0, 0.05) is 52.9 Å². The van der Waals surface area contributed by atoms with Crippen molar-refractivity contribution in [2.24, 2.45) is 0 Å². The van der Waals surface area contributed by atoms with Crippen molar-refractivity contribution in [1.29, 1.82) is 0 Å². The Morgan fingerprint density at radius 1 is 1.16 bits per heavy atom. The number of rotatable bonds is 4. The maximum Gasteiger partial charge on any atom is 0.410 e. The van der Waals surface area contributed by atoms with Crippen LogP contribution in [0.1, 0.15) is 50.8 Å². The Kier molecular flexibility index (Phi) is 6.51. The van der Waals surface area contributed by atoms with E-state index in [9.17, 15) is 4.79 Å². The molecule has 3 heterocycles. The lowest BCUT2D eigenvalue weighted by atomic mass is 9.93. The van der Waals surface area contributed by atoms with Crippen LogP contribution >= 0.6 is 11.6 Å². The van der Waals surface area contributed by atoms with Gasteiger partial charge in [0.25, 0.3) is 0 Å². The number of carbonyl (C=O) groups excluding carboxylic acids is 1. The summed E-state index contributed by atoms with van der Waals surface area (Å²) in [6.07, 6.45) is 3.23. The van der Waals surface area contributed by atoms with Crippen LogP contribution in [0.3, 0.4) is 0 Å². The second-order valence-corrected chi connectivity index (χ2v) is 9.50. The number of carbonyl (C=O) groups is 1. The monoisotopic (exact) mass is 453 g/mol. The number of piperidine rings is 1. The molecule has 0 spiro atoms. The van der Waals surface area contributed by atoms with Crippen LogP contribution in [0.25, 0.3) is 10.9 Å². The average Bonchev–Trinajstić information content (AvgIpc) is 2.76. The van der Waals surface area contributed by atoms with Crippen LogP contribution in [0.2, 0.25) is 5.02 Å². The fourth-order valence-corrected chi connectivity index (χ4v) is 4.05. The molecule has 0 radical (unpaired) electrons. The van der Waals surface area contributed by atoms with Gasteiger partial charge in [0.05, 0.1) is 5.52 Å². The van der Waals surface area contributed by atoms with Crippen molar-refractivity contribution in [3.05, 3.63) is 64.9 Å². The number of likely N-dealkylation sites (tertiary alicyclic amines) is 1. The normalized spacial score (nSPS) is 15.1. The third-order valence-corrected chi connectivity index (χ3v) is 5.72. The molecule has 1 saturated heterocycles. The summed E-state index contributed by atoms with van der Waals surface area (Å²) in [6.45, 7) is 7.38. The quantitative estimate of drug-likeness (QED) is 0.486. The van der Waals surface area contributed by atoms with Gasteiger partial charge in [-0.25, -0.2) is 9.78 Å². The Morgan fingerprint density at radius 3 is 2.69 bits per heavy atom. The Labute approximate surface area is 193 Å². The van der Waals surface area contributed by atoms with Crippen LogP contribution in [-0.4, -0.2) is 39.7 Å². The average molecular weight is 454 g/mol. The lowest BCUT2D eigenvalue weighted by Gasteiger charge is -2.33. The third kappa shape index (κ3) is 5.49. The first-order chi connectivity index (χ1) is 15.3. The fourth-order valence-electron chi connectivity index (χ4n) is 3.88. The van der Waals surface area contributed by atoms with Crippen molar-refractivity contribution < 1.29 is 14.3 Å². The zero-order valence-corrected chi connectivity index (χ0v) is 19.4. The number of pyridine rings is 2. The topological polar surface area (TPSA) is 64.5 Å². The predicted molar refractivity (Wildman–Crippen MR) is 125 cm³/mol. The highest BCUT2D eigenvalue weighted by molar-refractivity contribution is 6.31. The van der Waals surface area contributed by atoms with Gasteiger partial charge in [-0.1, -0.05) is 23.7 Å². The van der Waals surface area contributed by atoms with Gasteiger partial charge < -0.3 is 14.4 Å². The van der Waals surface area contributed by atoms with Gasteiger partial charge in [0.2, 0.25) is 5.88 Å². The van der Waals surface area contributed by atoms with Gasteiger partial charge >= 0.3 is 6.09 Å². The summed E-state index contributed by atoms with van der Waals surface area (Å²) in [6, 6.07) is 13.5. The van der Waals surface area contributed by atoms with E-state index < -0.39 is 5.60 Å². The van der Waals surface area contributed by atoms with E-state index in [1.807, 2.05) is 63.2 Å². The van der Waals surface area contributed by atoms with Gasteiger partial charge in [-0.05, 0) is 57.9 Å². The van der Waals surface area contributed by atoms with Crippen molar-refractivity contribution in [2.45, 2.75) is 51.7 Å². The molecule has 0 N–H and O–H groups in total. The fraction of sp³-hybridized carbons (Fsp3) is 0.400. The van der Waals surface area contributed by atoms with E-state index in [1.54, 1.807) is 11.1 Å². The van der Waals surface area contributed by atoms with E-state index in [4.69, 9.17) is 26.1 Å². The zero-order chi connectivity index (χ0) is 22.7. The number of nitrogens with zero attached hydrogens (tertiary/aromatic N) is 3. The Bertz CT molecular complexity index is 1110. The molecule has 32 heavy (non-hydrogen) atoms. The van der Waals surface area contributed by atoms with Gasteiger partial charge in [0.1, 0.15) is 12.2 Å². The Balaban J connectivity index is 1.38. The second-order valence-electron chi connectivity index (χ2n) is 9.06. The zero-order valence-electron chi connectivity index (χ0n) is 18.7. The van der Waals surface area contributed by atoms with Crippen molar-refractivity contribution in [3.63, 3.8) is 0 Å². The summed E-state index contributed by atoms with van der Waals surface area (Å²) in [4.78, 5) is 23.2. The van der Waals surface area contributed by atoms with E-state index in [1.165, 1.54) is 0 Å². The summed E-state index contributed by atoms with van der Waals surface area (Å²) >= 11 is 6.08. The van der Waals surface area contributed by atoms with Gasteiger partial charge in [-0.3, -0.25) is 4.98 Å². The summed E-state index contributed by atoms with van der Waals surface area (Å²) < 4.78 is 11.5. The van der Waals surface area contributed by atoms with Gasteiger partial charge in [0.15, 0.2) is 0 Å². The van der Waals surface area contributed by atoms with Crippen LogP contribution in [-0.2, 0) is 11.3 Å². The molecular weight excluding hydrogens is 426 g/mol. The number of amides is 1. The van der Waals surface area contributed by atoms with Crippen molar-refractivity contribution in [3.8, 4) is 5.88 Å². The highest BCUT2D eigenvalue weighted by atomic mass is 35.5. The lowest BCUT2D eigenvalue weighted by Crippen LogP contribution is -2.41. The molecule has 0 atom stereocenters. The first-order valence-corrected chi connectivity index (χ1v) is 11.3. The van der Waals surface area contributed by atoms with Crippen molar-refractivity contribution in [1.82, 2.24) is 14.9 Å². The largest absolute Gasteiger partial charge is 0.473 e. The smallest absolute Gasteiger partial charge is 0.410 e. The molecule has 6 nitrogen and oxygen atoms in total. The van der Waals surface area contributed by atoms with E-state index in [0.29, 0.717) is 36.5 Å². The predicted octanol–water partition coefficient (Wildman–Crippen LogP) is 5.98. The highest BCUT2D eigenvalue weighted by Crippen LogP contribution is 2.29. The summed E-state index contributed by atoms with van der Waals surface area (Å²) in [5.41, 5.74) is 2.40. The lowest BCUT2D eigenvalue weighted by molar-refractivity contribution is 0.0204. The van der Waals surface area contributed by atoms with Crippen molar-refractivity contribution in [2.75, 3.05) is 13.1 Å². The number of halogens is 1. The third-order valence-electron chi connectivity index (χ3n) is 5.48. The molecule has 0 saturated carbocycles. The number of ether oxygens (including phenoxy) is 2. The minimum atomic E-state index is -0.479. The van der Waals surface area contributed by atoms with E-state index in [-0.39, 0.29) is 6.09 Å². The Morgan fingerprint density at radius 2 is 1.94 bits per heavy atom. The molecule has 1 aliphatic heterocycles. The van der Waals surface area contributed by atoms with Crippen LogP contribution in [0.4, 0.5) is 4.79 Å². The number of fused-ring (bicyclic) bond motifs is 1. The highest BCUT2D eigenvalue weighted by Gasteiger charge is 2.28. The number of aromatic nitrogens is 2. The van der Waals surface area contributed by atoms with E-state index in [2.05, 4.69) is 4.98 Å². The molecule has 7 heteroatoms. The molecule has 1 aliphatic rings. The number of hydrogen-bond donors (Lipinski definition) is 0. The first-order valence-electron chi connectivity index (χ1n) is 10.9. The Hall–Kier alpha value is -2.86. The molecule has 1 amide bonds. The summed E-state index contributed by atoms with van der Waals surface area (Å²) in [7, 11) is 0. The molecular formula is C25H28ClN3O3. The van der Waals surface area contributed by atoms with E-state index >= 15 is 0 Å². The molecule has 4 rings (SSSR count). The molecule has 3 aromatic rings. The second kappa shape index (κ2) is 9.33. The maximum absolute atomic E-state index is 12.3. The molecule has 0 unspecified atom stereocenters. The standard InChI is InChI=1S/C25H28ClN3O3/c1-25(2,3)32-24(30)29-13-10-17(11-14-29)21-5-4-6-23(28-21)31-16-18-9-12-27-22-15-19(26)7-8-20(18)22/h4-9,12,15,17H,10-11,13-14,16H2,1-3H3. The molecule has 1 aromatic carbocycles. The first kappa shape index (κ1) is 22.3. The minimum absolute atomic E-state index is 0.244. The number of benzene rings is 1. The van der Waals surface area contributed by atoms with Gasteiger partial charge in [-0.15, -0.1) is 0 Å². The summed E-state index contributed by atoms with van der Waals surface area (Å²) in [5, 5.41) is 1.68. The van der Waals surface area contributed by atoms with Crippen LogP contribution < -0.4 is 4.74 Å².